The van der Waals surface area contributed by atoms with Crippen molar-refractivity contribution in [2.24, 2.45) is 0 Å². The lowest BCUT2D eigenvalue weighted by Gasteiger charge is -2.19. The normalized spacial score (nSPS) is 9.94. The van der Waals surface area contributed by atoms with Gasteiger partial charge in [-0.2, -0.15) is 0 Å². The van der Waals surface area contributed by atoms with Gasteiger partial charge in [0.1, 0.15) is 11.5 Å². The van der Waals surface area contributed by atoms with Gasteiger partial charge in [-0.15, -0.1) is 0 Å². The van der Waals surface area contributed by atoms with Crippen molar-refractivity contribution in [1.29, 1.82) is 0 Å². The molecule has 1 rings (SSSR count). The van der Waals surface area contributed by atoms with E-state index in [2.05, 4.69) is 0 Å². The third kappa shape index (κ3) is 3.13. The van der Waals surface area contributed by atoms with Gasteiger partial charge in [-0.3, -0.25) is 9.59 Å². The molecule has 0 heterocycles. The van der Waals surface area contributed by atoms with Crippen LogP contribution in [0.15, 0.2) is 18.2 Å². The van der Waals surface area contributed by atoms with Crippen LogP contribution >= 0.6 is 0 Å². The third-order valence-electron chi connectivity index (χ3n) is 2.43. The molecule has 0 aliphatic carbocycles. The third-order valence-corrected chi connectivity index (χ3v) is 2.43. The Morgan fingerprint density at radius 2 is 1.78 bits per heavy atom. The molecule has 0 radical (unpaired) electrons. The fourth-order valence-electron chi connectivity index (χ4n) is 1.32. The summed E-state index contributed by atoms with van der Waals surface area (Å²) in [5, 5.41) is 18.7. The van der Waals surface area contributed by atoms with Gasteiger partial charge in [0.25, 0.3) is 5.91 Å². The van der Waals surface area contributed by atoms with Crippen molar-refractivity contribution in [3.05, 3.63) is 23.8 Å². The van der Waals surface area contributed by atoms with Crippen molar-refractivity contribution in [3.63, 3.8) is 0 Å². The highest BCUT2D eigenvalue weighted by Crippen LogP contribution is 2.23. The van der Waals surface area contributed by atoms with Crippen molar-refractivity contribution in [2.75, 3.05) is 27.7 Å². The van der Waals surface area contributed by atoms with Gasteiger partial charge < -0.3 is 20.0 Å². The Balaban J connectivity index is 2.84. The molecule has 0 saturated carbocycles. The minimum Gasteiger partial charge on any atom is -0.508 e. The van der Waals surface area contributed by atoms with E-state index < -0.39 is 5.91 Å². The van der Waals surface area contributed by atoms with Gasteiger partial charge in [0, 0.05) is 27.2 Å². The van der Waals surface area contributed by atoms with Gasteiger partial charge in [0.15, 0.2) is 0 Å². The Bertz CT molecular complexity index is 471. The molecular formula is C12H16N2O4. The molecule has 0 fully saturated rings. The second kappa shape index (κ2) is 5.39. The molecule has 0 saturated heterocycles. The molecule has 0 atom stereocenters. The molecular weight excluding hydrogens is 236 g/mol. The number of benzene rings is 1. The van der Waals surface area contributed by atoms with Gasteiger partial charge in [-0.1, -0.05) is 0 Å². The Morgan fingerprint density at radius 3 is 2.28 bits per heavy atom. The SMILES string of the molecule is CN(C)C(=O)CN(C)C(=O)c1ccc(O)cc1O. The first-order valence-electron chi connectivity index (χ1n) is 5.30. The van der Waals surface area contributed by atoms with Crippen LogP contribution in [0.1, 0.15) is 10.4 Å². The molecule has 0 aromatic heterocycles. The second-order valence-electron chi connectivity index (χ2n) is 4.15. The molecule has 1 aromatic rings. The number of aromatic hydroxyl groups is 2. The Kier molecular flexibility index (Phi) is 4.14. The van der Waals surface area contributed by atoms with E-state index in [0.717, 1.165) is 6.07 Å². The van der Waals surface area contributed by atoms with Crippen molar-refractivity contribution in [1.82, 2.24) is 9.80 Å². The molecule has 0 aliphatic rings. The molecule has 1 aromatic carbocycles. The molecule has 6 heteroatoms. The Labute approximate surface area is 105 Å². The van der Waals surface area contributed by atoms with Crippen LogP contribution in [0.3, 0.4) is 0 Å². The Hall–Kier alpha value is -2.24. The zero-order chi connectivity index (χ0) is 13.9. The number of hydrogen-bond donors (Lipinski definition) is 2. The average Bonchev–Trinajstić information content (AvgIpc) is 2.27. The summed E-state index contributed by atoms with van der Waals surface area (Å²) in [6, 6.07) is 3.69. The summed E-state index contributed by atoms with van der Waals surface area (Å²) in [6.07, 6.45) is 0. The molecule has 6 nitrogen and oxygen atoms in total. The summed E-state index contributed by atoms with van der Waals surface area (Å²) in [7, 11) is 4.66. The van der Waals surface area contributed by atoms with E-state index >= 15 is 0 Å². The highest BCUT2D eigenvalue weighted by Gasteiger charge is 2.18. The summed E-state index contributed by atoms with van der Waals surface area (Å²) in [5.74, 6) is -1.15. The van der Waals surface area contributed by atoms with Gasteiger partial charge >= 0.3 is 0 Å². The van der Waals surface area contributed by atoms with Crippen LogP contribution in [0.5, 0.6) is 11.5 Å². The van der Waals surface area contributed by atoms with Gasteiger partial charge in [0.2, 0.25) is 5.91 Å². The summed E-state index contributed by atoms with van der Waals surface area (Å²) < 4.78 is 0. The average molecular weight is 252 g/mol. The fraction of sp³-hybridized carbons (Fsp3) is 0.333. The topological polar surface area (TPSA) is 81.1 Å². The maximum absolute atomic E-state index is 11.9. The number of rotatable bonds is 3. The van der Waals surface area contributed by atoms with Crippen LogP contribution in [-0.4, -0.2) is 59.5 Å². The monoisotopic (exact) mass is 252 g/mol. The van der Waals surface area contributed by atoms with Gasteiger partial charge in [-0.25, -0.2) is 0 Å². The lowest BCUT2D eigenvalue weighted by molar-refractivity contribution is -0.129. The molecule has 0 spiro atoms. The zero-order valence-electron chi connectivity index (χ0n) is 10.5. The number of hydrogen-bond acceptors (Lipinski definition) is 4. The van der Waals surface area contributed by atoms with Crippen molar-refractivity contribution in [2.45, 2.75) is 0 Å². The van der Waals surface area contributed by atoms with E-state index in [1.165, 1.54) is 29.0 Å². The van der Waals surface area contributed by atoms with Gasteiger partial charge in [0.05, 0.1) is 12.1 Å². The summed E-state index contributed by atoms with van der Waals surface area (Å²) in [6.45, 7) is -0.0772. The van der Waals surface area contributed by atoms with Gasteiger partial charge in [-0.05, 0) is 12.1 Å². The minimum absolute atomic E-state index is 0.0434. The maximum Gasteiger partial charge on any atom is 0.257 e. The van der Waals surface area contributed by atoms with E-state index in [-0.39, 0.29) is 29.5 Å². The predicted molar refractivity (Wildman–Crippen MR) is 65.4 cm³/mol. The van der Waals surface area contributed by atoms with Crippen molar-refractivity contribution >= 4 is 11.8 Å². The zero-order valence-corrected chi connectivity index (χ0v) is 10.5. The number of carbonyl (C=O) groups excluding carboxylic acids is 2. The molecule has 2 amide bonds. The number of likely N-dealkylation sites (N-methyl/N-ethyl adjacent to an activating group) is 2. The maximum atomic E-state index is 11.9. The first-order valence-corrected chi connectivity index (χ1v) is 5.30. The largest absolute Gasteiger partial charge is 0.508 e. The standard InChI is InChI=1S/C12H16N2O4/c1-13(2)11(17)7-14(3)12(18)9-5-4-8(15)6-10(9)16/h4-6,15-16H,7H2,1-3H3. The van der Waals surface area contributed by atoms with Crippen LogP contribution < -0.4 is 0 Å². The van der Waals surface area contributed by atoms with Crippen LogP contribution in [-0.2, 0) is 4.79 Å². The molecule has 18 heavy (non-hydrogen) atoms. The molecule has 2 N–H and O–H groups in total. The van der Waals surface area contributed by atoms with Crippen LogP contribution in [0.2, 0.25) is 0 Å². The second-order valence-corrected chi connectivity index (χ2v) is 4.15. The minimum atomic E-state index is -0.484. The first kappa shape index (κ1) is 13.8. The van der Waals surface area contributed by atoms with Crippen LogP contribution in [0, 0.1) is 0 Å². The smallest absolute Gasteiger partial charge is 0.257 e. The number of carbonyl (C=O) groups is 2. The lowest BCUT2D eigenvalue weighted by Crippen LogP contribution is -2.37. The quantitative estimate of drug-likeness (QED) is 0.808. The highest BCUT2D eigenvalue weighted by molar-refractivity contribution is 5.98. The predicted octanol–water partition coefficient (Wildman–Crippen LogP) is 0.258. The molecule has 0 unspecified atom stereocenters. The summed E-state index contributed by atoms with van der Waals surface area (Å²) in [4.78, 5) is 26.0. The lowest BCUT2D eigenvalue weighted by atomic mass is 10.1. The van der Waals surface area contributed by atoms with Crippen LogP contribution in [0.25, 0.3) is 0 Å². The summed E-state index contributed by atoms with van der Waals surface area (Å²) >= 11 is 0. The number of phenolic OH excluding ortho intramolecular Hbond substituents is 2. The molecule has 0 bridgehead atoms. The van der Waals surface area contributed by atoms with E-state index in [1.54, 1.807) is 14.1 Å². The van der Waals surface area contributed by atoms with Crippen LogP contribution in [0.4, 0.5) is 0 Å². The fourth-order valence-corrected chi connectivity index (χ4v) is 1.32. The van der Waals surface area contributed by atoms with E-state index in [9.17, 15) is 14.7 Å². The molecule has 98 valence electrons. The van der Waals surface area contributed by atoms with E-state index in [0.29, 0.717) is 0 Å². The van der Waals surface area contributed by atoms with Crippen molar-refractivity contribution in [3.8, 4) is 11.5 Å². The Morgan fingerprint density at radius 1 is 1.17 bits per heavy atom. The summed E-state index contributed by atoms with van der Waals surface area (Å²) in [5.41, 5.74) is 0.0434. The highest BCUT2D eigenvalue weighted by atomic mass is 16.3. The number of amides is 2. The number of nitrogens with zero attached hydrogens (tertiary/aromatic N) is 2. The number of phenols is 2. The molecule has 0 aliphatic heterocycles. The van der Waals surface area contributed by atoms with E-state index in [4.69, 9.17) is 5.11 Å². The van der Waals surface area contributed by atoms with E-state index in [1.807, 2.05) is 0 Å². The van der Waals surface area contributed by atoms with Crippen molar-refractivity contribution < 1.29 is 19.8 Å². The first-order chi connectivity index (χ1) is 8.32.